The Hall–Kier alpha value is -8.67. The third kappa shape index (κ3) is 10.4. The lowest BCUT2D eigenvalue weighted by atomic mass is 9.78. The molecule has 0 unspecified atom stereocenters. The number of hydrogen-bond donors (Lipinski definition) is 0. The number of nitrogens with zero attached hydrogens (tertiary/aromatic N) is 4. The monoisotopic (exact) mass is 1060 g/mol. The van der Waals surface area contributed by atoms with Crippen LogP contribution in [0.5, 0.6) is 11.5 Å². The Morgan fingerprint density at radius 3 is 1.83 bits per heavy atom. The maximum absolute atomic E-state index is 9.42. The summed E-state index contributed by atoms with van der Waals surface area (Å²) in [6.45, 7) is 25.0. The largest absolute Gasteiger partial charge is 0.457 e. The van der Waals surface area contributed by atoms with Crippen molar-refractivity contribution in [3.8, 4) is 61.8 Å². The summed E-state index contributed by atoms with van der Waals surface area (Å²) >= 11 is 0. The van der Waals surface area contributed by atoms with Gasteiger partial charge in [0.25, 0.3) is 0 Å². The Morgan fingerprint density at radius 2 is 1.12 bits per heavy atom. The Morgan fingerprint density at radius 1 is 0.481 bits per heavy atom. The predicted molar refractivity (Wildman–Crippen MR) is 344 cm³/mol. The highest BCUT2D eigenvalue weighted by molar-refractivity contribution is 6.09. The van der Waals surface area contributed by atoms with Crippen LogP contribution in [0.4, 0.5) is 22.7 Å². The highest BCUT2D eigenvalue weighted by atomic mass is 16.5. The van der Waals surface area contributed by atoms with E-state index in [2.05, 4.69) is 224 Å². The highest BCUT2D eigenvalue weighted by Crippen LogP contribution is 2.52. The molecule has 0 N–H and O–H groups in total. The summed E-state index contributed by atoms with van der Waals surface area (Å²) in [5.74, 6) is 2.61. The van der Waals surface area contributed by atoms with Gasteiger partial charge < -0.3 is 14.5 Å². The van der Waals surface area contributed by atoms with Crippen LogP contribution in [0.15, 0.2) is 218 Å². The second kappa shape index (κ2) is 20.8. The number of pyridine rings is 1. The molecule has 11 aromatic rings. The molecule has 0 saturated heterocycles. The molecular formula is C76H74N4O. The van der Waals surface area contributed by atoms with Gasteiger partial charge in [0.15, 0.2) is 0 Å². The molecule has 0 saturated carbocycles. The summed E-state index contributed by atoms with van der Waals surface area (Å²) in [7, 11) is 0. The molecule has 2 aromatic heterocycles. The van der Waals surface area contributed by atoms with E-state index in [9.17, 15) is 2.74 Å². The van der Waals surface area contributed by atoms with Crippen LogP contribution in [0, 0.1) is 5.92 Å². The molecule has 5 nitrogen and oxygen atoms in total. The number of hydrogen-bond acceptors (Lipinski definition) is 4. The molecule has 9 aromatic carbocycles. The maximum atomic E-state index is 9.42. The number of anilines is 4. The van der Waals surface area contributed by atoms with Gasteiger partial charge in [-0.05, 0) is 127 Å². The van der Waals surface area contributed by atoms with Crippen LogP contribution < -0.4 is 14.5 Å². The summed E-state index contributed by atoms with van der Waals surface area (Å²) in [4.78, 5) is 9.78. The van der Waals surface area contributed by atoms with E-state index in [-0.39, 0.29) is 46.0 Å². The minimum absolute atomic E-state index is 0.0558. The lowest BCUT2D eigenvalue weighted by molar-refractivity contribution is 0.483. The molecular weight excluding hydrogens is 985 g/mol. The lowest BCUT2D eigenvalue weighted by Crippen LogP contribution is -2.25. The van der Waals surface area contributed by atoms with E-state index in [0.717, 1.165) is 90.2 Å². The zero-order valence-corrected chi connectivity index (χ0v) is 48.6. The first-order valence-electron chi connectivity index (χ1n) is 31.0. The van der Waals surface area contributed by atoms with Crippen LogP contribution in [0.2, 0.25) is 0 Å². The molecule has 0 fully saturated rings. The third-order valence-corrected chi connectivity index (χ3v) is 15.9. The summed E-state index contributed by atoms with van der Waals surface area (Å²) in [5, 5.41) is 2.23. The number of benzene rings is 9. The van der Waals surface area contributed by atoms with Crippen molar-refractivity contribution in [2.24, 2.45) is 5.92 Å². The second-order valence-electron chi connectivity index (χ2n) is 25.3. The van der Waals surface area contributed by atoms with Crippen LogP contribution in [0.1, 0.15) is 105 Å². The van der Waals surface area contributed by atoms with Crippen molar-refractivity contribution >= 4 is 44.6 Å². The Bertz CT molecular complexity index is 4370. The molecule has 1 aliphatic heterocycles. The van der Waals surface area contributed by atoms with Gasteiger partial charge in [-0.2, -0.15) is 0 Å². The lowest BCUT2D eigenvalue weighted by Gasteiger charge is -2.29. The molecule has 404 valence electrons. The Kier molecular flexibility index (Phi) is 12.1. The highest BCUT2D eigenvalue weighted by Gasteiger charge is 2.33. The van der Waals surface area contributed by atoms with Gasteiger partial charge in [0.1, 0.15) is 24.0 Å². The van der Waals surface area contributed by atoms with E-state index in [1.165, 1.54) is 22.3 Å². The number of ether oxygens (including phenoxy) is 1. The maximum Gasteiger partial charge on any atom is 0.137 e. The van der Waals surface area contributed by atoms with E-state index in [4.69, 9.17) is 13.8 Å². The zero-order valence-electron chi connectivity index (χ0n) is 53.6. The van der Waals surface area contributed by atoms with Crippen molar-refractivity contribution in [1.82, 2.24) is 9.55 Å². The molecule has 0 radical (unpaired) electrons. The average molecular weight is 1060 g/mol. The summed E-state index contributed by atoms with van der Waals surface area (Å²) in [6, 6.07) is 62.2. The topological polar surface area (TPSA) is 33.5 Å². The molecule has 5 heteroatoms. The molecule has 81 heavy (non-hydrogen) atoms. The molecule has 3 heterocycles. The minimum Gasteiger partial charge on any atom is -0.457 e. The first kappa shape index (κ1) is 47.2. The molecule has 12 rings (SSSR count). The number of para-hydroxylation sites is 2. The van der Waals surface area contributed by atoms with Gasteiger partial charge in [-0.1, -0.05) is 228 Å². The van der Waals surface area contributed by atoms with Gasteiger partial charge in [0, 0.05) is 51.5 Å². The molecule has 0 amide bonds. The van der Waals surface area contributed by atoms with Crippen molar-refractivity contribution in [3.63, 3.8) is 0 Å². The van der Waals surface area contributed by atoms with Crippen LogP contribution >= 0.6 is 0 Å². The van der Waals surface area contributed by atoms with Crippen molar-refractivity contribution in [2.45, 2.75) is 98.8 Å². The number of fused-ring (bicyclic) bond motifs is 4. The first-order chi connectivity index (χ1) is 40.9. The van der Waals surface area contributed by atoms with Gasteiger partial charge in [0.05, 0.1) is 34.9 Å². The zero-order chi connectivity index (χ0) is 60.7. The van der Waals surface area contributed by atoms with Crippen molar-refractivity contribution in [2.75, 3.05) is 16.5 Å². The van der Waals surface area contributed by atoms with Gasteiger partial charge in [0.2, 0.25) is 0 Å². The molecule has 0 bridgehead atoms. The standard InChI is InChI=1S/C76H74N4O/c1-50(2)40-55-44-72(77-48-67(55)53-32-35-57(36-33-53)74(3,4)5)80-68-31-19-18-28-65(68)66-38-37-62(47-70(66)80)81-61-27-20-26-60(46-61)78-49-79(71-43-54(34-39-69(71)78)51-22-14-12-15-23-51)73-63(52-24-16-13-17-25-52)29-21-30-64(73)56-41-58(75(6,7)8)45-59(42-56)76(9,10)11/h12-39,41-48,50H,40,49H2,1-11H3/i13D,16D,17D,24D,25D. The molecule has 0 spiro atoms. The quantitative estimate of drug-likeness (QED) is 0.129. The van der Waals surface area contributed by atoms with Crippen LogP contribution in [0.25, 0.3) is 72.1 Å². The van der Waals surface area contributed by atoms with Gasteiger partial charge in [-0.15, -0.1) is 0 Å². The van der Waals surface area contributed by atoms with E-state index in [1.807, 2.05) is 54.7 Å². The van der Waals surface area contributed by atoms with Crippen molar-refractivity contribution in [1.29, 1.82) is 0 Å². The molecule has 0 atom stereocenters. The van der Waals surface area contributed by atoms with Crippen LogP contribution in [-0.4, -0.2) is 16.2 Å². The fraction of sp³-hybridized carbons (Fsp3) is 0.224. The van der Waals surface area contributed by atoms with E-state index in [0.29, 0.717) is 29.6 Å². The Labute approximate surface area is 487 Å². The Balaban J connectivity index is 0.986. The minimum atomic E-state index is -0.431. The van der Waals surface area contributed by atoms with E-state index < -0.39 is 6.04 Å². The second-order valence-corrected chi connectivity index (χ2v) is 25.3. The van der Waals surface area contributed by atoms with Crippen molar-refractivity contribution in [3.05, 3.63) is 241 Å². The predicted octanol–water partition coefficient (Wildman–Crippen LogP) is 21.0. The summed E-state index contributed by atoms with van der Waals surface area (Å²) in [5.41, 5.74) is 17.0. The van der Waals surface area contributed by atoms with Crippen LogP contribution in [0.3, 0.4) is 0 Å². The fourth-order valence-electron chi connectivity index (χ4n) is 11.5. The van der Waals surface area contributed by atoms with Gasteiger partial charge >= 0.3 is 0 Å². The van der Waals surface area contributed by atoms with E-state index >= 15 is 0 Å². The third-order valence-electron chi connectivity index (χ3n) is 15.9. The van der Waals surface area contributed by atoms with Gasteiger partial charge in [-0.25, -0.2) is 4.98 Å². The SMILES string of the molecule is [2H]c1c([2H])c([2H])c(-c2cccc(-c3cc(C(C)(C)C)cc(C(C)(C)C)c3)c2N2CN(c3cccc(Oc4ccc5c6ccccc6n(-c6cc(CC(C)C)c(-c7ccc(C(C)(C)C)cc7)cn6)c5c4)c3)c3ccc(-c4ccccc4)cc32)c([2H])c1[2H]. The fourth-order valence-corrected chi connectivity index (χ4v) is 11.5. The number of aromatic nitrogens is 2. The van der Waals surface area contributed by atoms with Gasteiger partial charge in [-0.3, -0.25) is 4.57 Å². The normalized spacial score (nSPS) is 13.8. The average Bonchev–Trinajstić information content (AvgIpc) is 1.59. The smallest absolute Gasteiger partial charge is 0.137 e. The summed E-state index contributed by atoms with van der Waals surface area (Å²) in [6.07, 6.45) is 2.95. The number of rotatable bonds is 11. The first-order valence-corrected chi connectivity index (χ1v) is 28.5. The van der Waals surface area contributed by atoms with Crippen molar-refractivity contribution < 1.29 is 11.6 Å². The summed E-state index contributed by atoms with van der Waals surface area (Å²) < 4.78 is 54.5. The van der Waals surface area contributed by atoms with Crippen LogP contribution in [-0.2, 0) is 22.7 Å². The molecule has 1 aliphatic rings. The molecule has 0 aliphatic carbocycles. The van der Waals surface area contributed by atoms with E-state index in [1.54, 1.807) is 0 Å².